The molecule has 1 aliphatic carbocycles. The van der Waals surface area contributed by atoms with Crippen LogP contribution in [0.15, 0.2) is 24.3 Å². The van der Waals surface area contributed by atoms with Crippen LogP contribution in [-0.4, -0.2) is 23.1 Å². The number of hydrogen-bond acceptors (Lipinski definition) is 3. The van der Waals surface area contributed by atoms with Gasteiger partial charge in [0.15, 0.2) is 0 Å². The van der Waals surface area contributed by atoms with E-state index < -0.39 is 11.9 Å². The van der Waals surface area contributed by atoms with Gasteiger partial charge in [-0.1, -0.05) is 12.1 Å². The Bertz CT molecular complexity index is 541. The van der Waals surface area contributed by atoms with Crippen LogP contribution in [0.1, 0.15) is 38.8 Å². The Morgan fingerprint density at radius 1 is 1.29 bits per heavy atom. The van der Waals surface area contributed by atoms with Crippen LogP contribution in [0.25, 0.3) is 0 Å². The zero-order valence-electron chi connectivity index (χ0n) is 12.5. The van der Waals surface area contributed by atoms with Crippen molar-refractivity contribution in [3.8, 4) is 5.75 Å². The lowest BCUT2D eigenvalue weighted by molar-refractivity contribution is -0.140. The molecule has 3 atom stereocenters. The molecule has 114 valence electrons. The molecule has 1 amide bonds. The first-order valence-corrected chi connectivity index (χ1v) is 7.18. The van der Waals surface area contributed by atoms with Gasteiger partial charge in [0.25, 0.3) is 0 Å². The molecule has 0 radical (unpaired) electrons. The number of nitrogens with one attached hydrogen (secondary N) is 1. The minimum atomic E-state index is -0.893. The van der Waals surface area contributed by atoms with E-state index in [-0.39, 0.29) is 24.0 Å². The zero-order chi connectivity index (χ0) is 15.6. The number of benzene rings is 1. The topological polar surface area (TPSA) is 75.6 Å². The molecule has 0 heterocycles. The van der Waals surface area contributed by atoms with E-state index in [1.165, 1.54) is 0 Å². The van der Waals surface area contributed by atoms with Gasteiger partial charge in [0.2, 0.25) is 5.91 Å². The van der Waals surface area contributed by atoms with Crippen molar-refractivity contribution in [2.75, 3.05) is 0 Å². The summed E-state index contributed by atoms with van der Waals surface area (Å²) in [5.41, 5.74) is 0.939. The maximum Gasteiger partial charge on any atom is 0.307 e. The third kappa shape index (κ3) is 3.97. The number of carbonyl (C=O) groups is 2. The van der Waals surface area contributed by atoms with Crippen molar-refractivity contribution in [2.45, 2.75) is 39.3 Å². The van der Waals surface area contributed by atoms with Crippen molar-refractivity contribution in [3.63, 3.8) is 0 Å². The summed E-state index contributed by atoms with van der Waals surface area (Å²) in [6.45, 7) is 5.79. The summed E-state index contributed by atoms with van der Waals surface area (Å²) in [6.07, 6.45) is 0.526. The van der Waals surface area contributed by atoms with Crippen molar-refractivity contribution in [1.29, 1.82) is 0 Å². The highest BCUT2D eigenvalue weighted by molar-refractivity contribution is 5.89. The second kappa shape index (κ2) is 6.16. The molecule has 0 saturated heterocycles. The second-order valence-corrected chi connectivity index (χ2v) is 5.76. The molecule has 1 saturated carbocycles. The molecule has 1 aliphatic rings. The molecule has 1 aromatic rings. The first-order valence-electron chi connectivity index (χ1n) is 7.18. The van der Waals surface area contributed by atoms with Crippen molar-refractivity contribution in [2.24, 2.45) is 11.8 Å². The Labute approximate surface area is 124 Å². The lowest BCUT2D eigenvalue weighted by atomic mass is 10.1. The van der Waals surface area contributed by atoms with Crippen LogP contribution in [0.5, 0.6) is 5.75 Å². The van der Waals surface area contributed by atoms with Crippen LogP contribution < -0.4 is 10.1 Å². The van der Waals surface area contributed by atoms with E-state index in [9.17, 15) is 9.59 Å². The fourth-order valence-electron chi connectivity index (χ4n) is 2.29. The van der Waals surface area contributed by atoms with Gasteiger partial charge in [-0.3, -0.25) is 9.59 Å². The Morgan fingerprint density at radius 2 is 2.00 bits per heavy atom. The van der Waals surface area contributed by atoms with E-state index >= 15 is 0 Å². The molecule has 21 heavy (non-hydrogen) atoms. The van der Waals surface area contributed by atoms with Crippen molar-refractivity contribution >= 4 is 11.9 Å². The summed E-state index contributed by atoms with van der Waals surface area (Å²) < 4.78 is 5.63. The largest absolute Gasteiger partial charge is 0.491 e. The van der Waals surface area contributed by atoms with Crippen LogP contribution in [0.3, 0.4) is 0 Å². The van der Waals surface area contributed by atoms with Crippen LogP contribution in [0.2, 0.25) is 0 Å². The first-order chi connectivity index (χ1) is 9.88. The van der Waals surface area contributed by atoms with Gasteiger partial charge in [-0.05, 0) is 44.9 Å². The quantitative estimate of drug-likeness (QED) is 0.843. The SMILES string of the molecule is CC(C)Oc1cccc([C@H](C)NC(=O)[C@H]2C[C@@H]2C(=O)O)c1. The van der Waals surface area contributed by atoms with Gasteiger partial charge >= 0.3 is 5.97 Å². The molecule has 0 aromatic heterocycles. The molecule has 0 aliphatic heterocycles. The van der Waals surface area contributed by atoms with E-state index in [1.54, 1.807) is 0 Å². The highest BCUT2D eigenvalue weighted by Gasteiger charge is 2.48. The molecule has 1 fully saturated rings. The molecular weight excluding hydrogens is 270 g/mol. The average molecular weight is 291 g/mol. The summed E-state index contributed by atoms with van der Waals surface area (Å²) in [6, 6.07) is 7.39. The van der Waals surface area contributed by atoms with Crippen LogP contribution in [0.4, 0.5) is 0 Å². The third-order valence-corrected chi connectivity index (χ3v) is 3.53. The molecule has 2 rings (SSSR count). The van der Waals surface area contributed by atoms with Gasteiger partial charge in [-0.25, -0.2) is 0 Å². The monoisotopic (exact) mass is 291 g/mol. The predicted octanol–water partition coefficient (Wildman–Crippen LogP) is 2.37. The number of rotatable bonds is 6. The molecule has 0 spiro atoms. The van der Waals surface area contributed by atoms with Gasteiger partial charge in [-0.2, -0.15) is 0 Å². The van der Waals surface area contributed by atoms with E-state index in [1.807, 2.05) is 45.0 Å². The van der Waals surface area contributed by atoms with E-state index in [2.05, 4.69) is 5.32 Å². The molecule has 5 nitrogen and oxygen atoms in total. The lowest BCUT2D eigenvalue weighted by Crippen LogP contribution is -2.29. The van der Waals surface area contributed by atoms with E-state index in [0.29, 0.717) is 6.42 Å². The highest BCUT2D eigenvalue weighted by atomic mass is 16.5. The number of hydrogen-bond donors (Lipinski definition) is 2. The highest BCUT2D eigenvalue weighted by Crippen LogP contribution is 2.39. The number of carboxylic acid groups (broad SMARTS) is 1. The van der Waals surface area contributed by atoms with Crippen LogP contribution >= 0.6 is 0 Å². The van der Waals surface area contributed by atoms with Gasteiger partial charge in [0.05, 0.1) is 24.0 Å². The zero-order valence-corrected chi connectivity index (χ0v) is 12.5. The summed E-state index contributed by atoms with van der Waals surface area (Å²) in [4.78, 5) is 22.7. The number of ether oxygens (including phenoxy) is 1. The van der Waals surface area contributed by atoms with Gasteiger partial charge in [0.1, 0.15) is 5.75 Å². The molecule has 5 heteroatoms. The van der Waals surface area contributed by atoms with Crippen molar-refractivity contribution in [1.82, 2.24) is 5.32 Å². The van der Waals surface area contributed by atoms with Crippen LogP contribution in [-0.2, 0) is 9.59 Å². The smallest absolute Gasteiger partial charge is 0.307 e. The first kappa shape index (κ1) is 15.4. The van der Waals surface area contributed by atoms with Gasteiger partial charge in [-0.15, -0.1) is 0 Å². The van der Waals surface area contributed by atoms with Crippen molar-refractivity contribution < 1.29 is 19.4 Å². The Morgan fingerprint density at radius 3 is 2.57 bits per heavy atom. The Hall–Kier alpha value is -2.04. The lowest BCUT2D eigenvalue weighted by Gasteiger charge is -2.16. The Kier molecular flexibility index (Phi) is 4.50. The summed E-state index contributed by atoms with van der Waals surface area (Å²) in [7, 11) is 0. The second-order valence-electron chi connectivity index (χ2n) is 5.76. The molecule has 0 unspecified atom stereocenters. The predicted molar refractivity (Wildman–Crippen MR) is 78.0 cm³/mol. The minimum absolute atomic E-state index is 0.0907. The molecule has 1 aromatic carbocycles. The summed E-state index contributed by atoms with van der Waals surface area (Å²) >= 11 is 0. The molecule has 2 N–H and O–H groups in total. The summed E-state index contributed by atoms with van der Waals surface area (Å²) in [5.74, 6) is -1.23. The van der Waals surface area contributed by atoms with Crippen molar-refractivity contribution in [3.05, 3.63) is 29.8 Å². The molecule has 0 bridgehead atoms. The van der Waals surface area contributed by atoms with E-state index in [0.717, 1.165) is 11.3 Å². The fraction of sp³-hybridized carbons (Fsp3) is 0.500. The fourth-order valence-corrected chi connectivity index (χ4v) is 2.29. The van der Waals surface area contributed by atoms with Crippen LogP contribution in [0, 0.1) is 11.8 Å². The standard InChI is InChI=1S/C16H21NO4/c1-9(2)21-12-6-4-5-11(7-12)10(3)17-15(18)13-8-14(13)16(19)20/h4-7,9-10,13-14H,8H2,1-3H3,(H,17,18)(H,19,20)/t10-,13-,14-/m0/s1. The van der Waals surface area contributed by atoms with E-state index in [4.69, 9.17) is 9.84 Å². The average Bonchev–Trinajstić information content (AvgIpc) is 3.18. The number of carboxylic acids is 1. The van der Waals surface area contributed by atoms with Gasteiger partial charge < -0.3 is 15.2 Å². The normalized spacial score (nSPS) is 21.7. The number of amides is 1. The minimum Gasteiger partial charge on any atom is -0.491 e. The maximum atomic E-state index is 12.0. The number of aliphatic carboxylic acids is 1. The molecular formula is C16H21NO4. The Balaban J connectivity index is 1.95. The third-order valence-electron chi connectivity index (χ3n) is 3.53. The maximum absolute atomic E-state index is 12.0. The van der Waals surface area contributed by atoms with Gasteiger partial charge in [0, 0.05) is 0 Å². The summed E-state index contributed by atoms with van der Waals surface area (Å²) in [5, 5.41) is 11.7. The number of carbonyl (C=O) groups excluding carboxylic acids is 1.